The summed E-state index contributed by atoms with van der Waals surface area (Å²) in [6.07, 6.45) is 0. The third-order valence-corrected chi connectivity index (χ3v) is 6.96. The number of benzene rings is 1. The van der Waals surface area contributed by atoms with Crippen molar-refractivity contribution < 1.29 is 17.9 Å². The van der Waals surface area contributed by atoms with E-state index in [1.54, 1.807) is 19.2 Å². The Hall–Kier alpha value is -1.88. The molecule has 8 nitrogen and oxygen atoms in total. The van der Waals surface area contributed by atoms with Crippen LogP contribution in [0.4, 0.5) is 5.69 Å². The van der Waals surface area contributed by atoms with Crippen LogP contribution < -0.4 is 5.32 Å². The van der Waals surface area contributed by atoms with E-state index < -0.39 is 10.0 Å². The highest BCUT2D eigenvalue weighted by molar-refractivity contribution is 7.99. The molecule has 0 aliphatic carbocycles. The van der Waals surface area contributed by atoms with Crippen molar-refractivity contribution in [2.24, 2.45) is 0 Å². The molecule has 0 saturated heterocycles. The van der Waals surface area contributed by atoms with Crippen LogP contribution in [0.2, 0.25) is 0 Å². The topological polar surface area (TPSA) is 93.5 Å². The number of rotatable bonds is 9. The number of sulfonamides is 1. The van der Waals surface area contributed by atoms with Crippen LogP contribution in [0, 0.1) is 13.8 Å². The molecule has 1 aromatic carbocycles. The molecule has 1 N–H and O–H groups in total. The van der Waals surface area contributed by atoms with Crippen LogP contribution in [-0.2, 0) is 26.1 Å². The van der Waals surface area contributed by atoms with Crippen molar-refractivity contribution in [3.63, 3.8) is 0 Å². The summed E-state index contributed by atoms with van der Waals surface area (Å²) in [4.78, 5) is 17.0. The lowest BCUT2D eigenvalue weighted by molar-refractivity contribution is -0.113. The van der Waals surface area contributed by atoms with E-state index in [-0.39, 0.29) is 16.6 Å². The maximum Gasteiger partial charge on any atom is 0.242 e. The van der Waals surface area contributed by atoms with Crippen molar-refractivity contribution in [1.82, 2.24) is 13.9 Å². The van der Waals surface area contributed by atoms with Gasteiger partial charge in [0.15, 0.2) is 5.16 Å². The van der Waals surface area contributed by atoms with E-state index in [1.807, 2.05) is 18.4 Å². The smallest absolute Gasteiger partial charge is 0.242 e. The molecule has 2 aromatic rings. The van der Waals surface area contributed by atoms with Gasteiger partial charge in [-0.1, -0.05) is 17.8 Å². The zero-order chi connectivity index (χ0) is 20.9. The van der Waals surface area contributed by atoms with Crippen molar-refractivity contribution >= 4 is 33.4 Å². The van der Waals surface area contributed by atoms with Gasteiger partial charge in [-0.2, -0.15) is 0 Å². The van der Waals surface area contributed by atoms with Crippen molar-refractivity contribution in [3.8, 4) is 0 Å². The molecule has 1 amide bonds. The SMILES string of the molecule is COCCn1c(SCC(=O)Nc2cccc(S(=O)(=O)N(C)C)c2)nc(C)c1C. The number of hydrogen-bond donors (Lipinski definition) is 1. The number of carbonyl (C=O) groups is 1. The monoisotopic (exact) mass is 426 g/mol. The predicted octanol–water partition coefficient (Wildman–Crippen LogP) is 2.13. The quantitative estimate of drug-likeness (QED) is 0.618. The number of amides is 1. The molecule has 0 radical (unpaired) electrons. The van der Waals surface area contributed by atoms with E-state index >= 15 is 0 Å². The second-order valence-corrected chi connectivity index (χ2v) is 9.46. The highest BCUT2D eigenvalue weighted by atomic mass is 32.2. The van der Waals surface area contributed by atoms with E-state index in [0.717, 1.165) is 20.8 Å². The number of ether oxygens (including phenoxy) is 1. The molecule has 0 aliphatic rings. The molecule has 0 unspecified atom stereocenters. The fraction of sp³-hybridized carbons (Fsp3) is 0.444. The van der Waals surface area contributed by atoms with Gasteiger partial charge < -0.3 is 14.6 Å². The van der Waals surface area contributed by atoms with Gasteiger partial charge in [0.1, 0.15) is 0 Å². The number of methoxy groups -OCH3 is 1. The molecule has 0 atom stereocenters. The summed E-state index contributed by atoms with van der Waals surface area (Å²) in [5, 5.41) is 3.50. The van der Waals surface area contributed by atoms with Crippen LogP contribution in [0.25, 0.3) is 0 Å². The summed E-state index contributed by atoms with van der Waals surface area (Å²) in [6, 6.07) is 6.21. The molecule has 1 aromatic heterocycles. The van der Waals surface area contributed by atoms with E-state index in [2.05, 4.69) is 10.3 Å². The van der Waals surface area contributed by atoms with Crippen LogP contribution in [0.5, 0.6) is 0 Å². The third-order valence-electron chi connectivity index (χ3n) is 4.17. The summed E-state index contributed by atoms with van der Waals surface area (Å²) >= 11 is 1.33. The Labute approximate surface area is 170 Å². The molecule has 2 rings (SSSR count). The molecule has 0 bridgehead atoms. The molecule has 0 saturated carbocycles. The Kier molecular flexibility index (Phi) is 7.64. The van der Waals surface area contributed by atoms with Crippen LogP contribution in [0.1, 0.15) is 11.4 Å². The highest BCUT2D eigenvalue weighted by Gasteiger charge is 2.18. The second-order valence-electron chi connectivity index (χ2n) is 6.36. The highest BCUT2D eigenvalue weighted by Crippen LogP contribution is 2.22. The maximum absolute atomic E-state index is 12.3. The van der Waals surface area contributed by atoms with Crippen molar-refractivity contribution in [1.29, 1.82) is 0 Å². The summed E-state index contributed by atoms with van der Waals surface area (Å²) in [5.74, 6) is -0.0749. The Morgan fingerprint density at radius 3 is 2.68 bits per heavy atom. The van der Waals surface area contributed by atoms with Crippen LogP contribution in [-0.4, -0.2) is 61.7 Å². The average molecular weight is 427 g/mol. The Morgan fingerprint density at radius 1 is 1.32 bits per heavy atom. The zero-order valence-corrected chi connectivity index (χ0v) is 18.4. The lowest BCUT2D eigenvalue weighted by atomic mass is 10.3. The maximum atomic E-state index is 12.3. The third kappa shape index (κ3) is 5.34. The minimum absolute atomic E-state index is 0.129. The van der Waals surface area contributed by atoms with Gasteiger partial charge in [-0.3, -0.25) is 4.79 Å². The van der Waals surface area contributed by atoms with E-state index in [4.69, 9.17) is 4.74 Å². The molecule has 0 fully saturated rings. The van der Waals surface area contributed by atoms with Crippen LogP contribution in [0.3, 0.4) is 0 Å². The first kappa shape index (κ1) is 22.4. The number of hydrogen-bond acceptors (Lipinski definition) is 6. The number of carbonyl (C=O) groups excluding carboxylic acids is 1. The number of thioether (sulfide) groups is 1. The van der Waals surface area contributed by atoms with Crippen molar-refractivity contribution in [2.45, 2.75) is 30.4 Å². The first-order valence-corrected chi connectivity index (χ1v) is 11.1. The van der Waals surface area contributed by atoms with Gasteiger partial charge >= 0.3 is 0 Å². The summed E-state index contributed by atoms with van der Waals surface area (Å²) < 4.78 is 32.8. The molecule has 0 spiro atoms. The molecule has 154 valence electrons. The fourth-order valence-corrected chi connectivity index (χ4v) is 4.32. The second kappa shape index (κ2) is 9.55. The van der Waals surface area contributed by atoms with Gasteiger partial charge in [0.2, 0.25) is 15.9 Å². The number of nitrogens with zero attached hydrogens (tertiary/aromatic N) is 3. The number of aromatic nitrogens is 2. The van der Waals surface area contributed by atoms with E-state index in [9.17, 15) is 13.2 Å². The van der Waals surface area contributed by atoms with Gasteiger partial charge in [-0.25, -0.2) is 17.7 Å². The average Bonchev–Trinajstić information content (AvgIpc) is 2.92. The van der Waals surface area contributed by atoms with Gasteiger partial charge in [0.05, 0.1) is 22.9 Å². The molecule has 1 heterocycles. The fourth-order valence-electron chi connectivity index (χ4n) is 2.45. The number of nitrogens with one attached hydrogen (secondary N) is 1. The summed E-state index contributed by atoms with van der Waals surface area (Å²) in [5.41, 5.74) is 2.39. The lowest BCUT2D eigenvalue weighted by Gasteiger charge is -2.13. The summed E-state index contributed by atoms with van der Waals surface area (Å²) in [7, 11) is 1.02. The van der Waals surface area contributed by atoms with Gasteiger partial charge in [-0.15, -0.1) is 0 Å². The number of imidazole rings is 1. The molecule has 10 heteroatoms. The summed E-state index contributed by atoms with van der Waals surface area (Å²) in [6.45, 7) is 5.14. The number of aryl methyl sites for hydroxylation is 1. The standard InChI is InChI=1S/C18H26N4O4S2/c1-13-14(2)22(9-10-26-5)18(19-13)27-12-17(23)20-15-7-6-8-16(11-15)28(24,25)21(3)4/h6-8,11H,9-10,12H2,1-5H3,(H,20,23). The van der Waals surface area contributed by atoms with E-state index in [1.165, 1.54) is 38.0 Å². The minimum atomic E-state index is -3.56. The predicted molar refractivity (Wildman–Crippen MR) is 110 cm³/mol. The zero-order valence-electron chi connectivity index (χ0n) is 16.7. The molecular formula is C18H26N4O4S2. The largest absolute Gasteiger partial charge is 0.383 e. The van der Waals surface area contributed by atoms with Crippen LogP contribution >= 0.6 is 11.8 Å². The lowest BCUT2D eigenvalue weighted by Crippen LogP contribution is -2.22. The van der Waals surface area contributed by atoms with Gasteiger partial charge in [0.25, 0.3) is 0 Å². The van der Waals surface area contributed by atoms with Gasteiger partial charge in [0, 0.05) is 39.1 Å². The van der Waals surface area contributed by atoms with Gasteiger partial charge in [-0.05, 0) is 32.0 Å². The van der Waals surface area contributed by atoms with Crippen molar-refractivity contribution in [2.75, 3.05) is 38.9 Å². The first-order valence-electron chi connectivity index (χ1n) is 8.64. The molecule has 0 aliphatic heterocycles. The van der Waals surface area contributed by atoms with Crippen LogP contribution in [0.15, 0.2) is 34.3 Å². The van der Waals surface area contributed by atoms with E-state index in [0.29, 0.717) is 18.8 Å². The minimum Gasteiger partial charge on any atom is -0.383 e. The molecule has 28 heavy (non-hydrogen) atoms. The normalized spacial score (nSPS) is 11.8. The number of anilines is 1. The Bertz CT molecular complexity index is 939. The Morgan fingerprint density at radius 2 is 2.04 bits per heavy atom. The van der Waals surface area contributed by atoms with Crippen molar-refractivity contribution in [3.05, 3.63) is 35.7 Å². The Balaban J connectivity index is 2.05. The first-order chi connectivity index (χ1) is 13.2. The molecular weight excluding hydrogens is 400 g/mol.